The van der Waals surface area contributed by atoms with Gasteiger partial charge in [0.1, 0.15) is 0 Å². The minimum absolute atomic E-state index is 0.0431. The first kappa shape index (κ1) is 13.5. The normalized spacial score (nSPS) is 33.0. The molecule has 1 aromatic rings. The number of ether oxygens (including phenoxy) is 2. The van der Waals surface area contributed by atoms with Gasteiger partial charge in [-0.3, -0.25) is 0 Å². The third-order valence-corrected chi connectivity index (χ3v) is 5.37. The van der Waals surface area contributed by atoms with Crippen molar-refractivity contribution in [2.24, 2.45) is 11.3 Å². The van der Waals surface area contributed by atoms with E-state index < -0.39 is 0 Å². The van der Waals surface area contributed by atoms with Gasteiger partial charge in [0.05, 0.1) is 13.2 Å². The number of benzene rings is 1. The van der Waals surface area contributed by atoms with Crippen molar-refractivity contribution in [2.75, 3.05) is 13.2 Å². The van der Waals surface area contributed by atoms with E-state index in [-0.39, 0.29) is 6.29 Å². The Morgan fingerprint density at radius 3 is 2.81 bits per heavy atom. The minimum Gasteiger partial charge on any atom is -0.352 e. The second-order valence-electron chi connectivity index (χ2n) is 6.89. The van der Waals surface area contributed by atoms with E-state index >= 15 is 0 Å². The zero-order valence-electron chi connectivity index (χ0n) is 12.6. The molecule has 1 saturated carbocycles. The van der Waals surface area contributed by atoms with Crippen LogP contribution in [-0.4, -0.2) is 19.5 Å². The molecule has 0 bridgehead atoms. The Hall–Kier alpha value is -1.12. The van der Waals surface area contributed by atoms with Gasteiger partial charge in [-0.15, -0.1) is 0 Å². The Kier molecular flexibility index (Phi) is 3.60. The second-order valence-corrected chi connectivity index (χ2v) is 6.89. The summed E-state index contributed by atoms with van der Waals surface area (Å²) < 4.78 is 11.7. The van der Waals surface area contributed by atoms with Crippen LogP contribution in [0.1, 0.15) is 43.2 Å². The van der Waals surface area contributed by atoms with Gasteiger partial charge < -0.3 is 9.47 Å². The van der Waals surface area contributed by atoms with E-state index in [0.29, 0.717) is 11.3 Å². The van der Waals surface area contributed by atoms with Crippen LogP contribution in [0.5, 0.6) is 0 Å². The molecule has 112 valence electrons. The lowest BCUT2D eigenvalue weighted by molar-refractivity contribution is -0.213. The molecule has 1 spiro atoms. The first-order valence-corrected chi connectivity index (χ1v) is 8.35. The largest absolute Gasteiger partial charge is 0.352 e. The van der Waals surface area contributed by atoms with Crippen molar-refractivity contribution < 1.29 is 9.47 Å². The second kappa shape index (κ2) is 5.58. The molecule has 4 rings (SSSR count). The summed E-state index contributed by atoms with van der Waals surface area (Å²) in [6, 6.07) is 8.82. The fraction of sp³-hybridized carbons (Fsp3) is 0.579. The molecule has 0 N–H and O–H groups in total. The van der Waals surface area contributed by atoms with Crippen LogP contribution in [0, 0.1) is 11.3 Å². The highest BCUT2D eigenvalue weighted by Crippen LogP contribution is 2.47. The van der Waals surface area contributed by atoms with Gasteiger partial charge in [0.15, 0.2) is 6.29 Å². The third kappa shape index (κ3) is 2.67. The molecule has 3 aliphatic rings. The Bertz CT molecular complexity index is 530. The highest BCUT2D eigenvalue weighted by atomic mass is 16.7. The fourth-order valence-corrected chi connectivity index (χ4v) is 4.33. The molecule has 2 unspecified atom stereocenters. The zero-order valence-corrected chi connectivity index (χ0v) is 12.6. The SMILES string of the molecule is C1=CC2(CCCC(C3OCCCO3)C2)Cc2ccccc21. The average Bonchev–Trinajstić information content (AvgIpc) is 2.56. The predicted molar refractivity (Wildman–Crippen MR) is 83.9 cm³/mol. The molecule has 0 amide bonds. The van der Waals surface area contributed by atoms with E-state index in [1.165, 1.54) is 43.2 Å². The molecule has 1 aliphatic heterocycles. The Labute approximate surface area is 127 Å². The Morgan fingerprint density at radius 2 is 1.90 bits per heavy atom. The quantitative estimate of drug-likeness (QED) is 0.769. The average molecular weight is 284 g/mol. The van der Waals surface area contributed by atoms with E-state index in [1.807, 2.05) is 0 Å². The van der Waals surface area contributed by atoms with Crippen molar-refractivity contribution in [3.05, 3.63) is 41.5 Å². The van der Waals surface area contributed by atoms with E-state index in [4.69, 9.17) is 9.47 Å². The summed E-state index contributed by atoms with van der Waals surface area (Å²) in [6.45, 7) is 1.74. The molecule has 2 atom stereocenters. The molecule has 1 heterocycles. The summed E-state index contributed by atoms with van der Waals surface area (Å²) in [5, 5.41) is 0. The van der Waals surface area contributed by atoms with Crippen LogP contribution in [0.15, 0.2) is 30.3 Å². The van der Waals surface area contributed by atoms with Crippen molar-refractivity contribution in [1.29, 1.82) is 0 Å². The lowest BCUT2D eigenvalue weighted by atomic mass is 9.64. The summed E-state index contributed by atoms with van der Waals surface area (Å²) in [5.74, 6) is 0.564. The molecule has 21 heavy (non-hydrogen) atoms. The number of hydrogen-bond acceptors (Lipinski definition) is 2. The van der Waals surface area contributed by atoms with Crippen molar-refractivity contribution in [2.45, 2.75) is 44.8 Å². The molecule has 1 aromatic carbocycles. The first-order chi connectivity index (χ1) is 10.3. The molecule has 2 heteroatoms. The van der Waals surface area contributed by atoms with Crippen LogP contribution in [0.4, 0.5) is 0 Å². The van der Waals surface area contributed by atoms with Crippen LogP contribution < -0.4 is 0 Å². The molecule has 2 aliphatic carbocycles. The summed E-state index contributed by atoms with van der Waals surface area (Å²) in [7, 11) is 0. The van der Waals surface area contributed by atoms with Gasteiger partial charge in [-0.2, -0.15) is 0 Å². The molecule has 0 aromatic heterocycles. The van der Waals surface area contributed by atoms with Gasteiger partial charge >= 0.3 is 0 Å². The van der Waals surface area contributed by atoms with Gasteiger partial charge in [0, 0.05) is 5.92 Å². The molecule has 0 radical (unpaired) electrons. The van der Waals surface area contributed by atoms with E-state index in [2.05, 4.69) is 36.4 Å². The van der Waals surface area contributed by atoms with Crippen molar-refractivity contribution in [1.82, 2.24) is 0 Å². The van der Waals surface area contributed by atoms with E-state index in [1.54, 1.807) is 0 Å². The minimum atomic E-state index is 0.0431. The van der Waals surface area contributed by atoms with Crippen molar-refractivity contribution in [3.8, 4) is 0 Å². The van der Waals surface area contributed by atoms with Gasteiger partial charge in [-0.1, -0.05) is 42.8 Å². The number of rotatable bonds is 1. The van der Waals surface area contributed by atoms with Gasteiger partial charge in [0.25, 0.3) is 0 Å². The third-order valence-electron chi connectivity index (χ3n) is 5.37. The van der Waals surface area contributed by atoms with Crippen molar-refractivity contribution >= 4 is 6.08 Å². The first-order valence-electron chi connectivity index (χ1n) is 8.35. The summed E-state index contributed by atoms with van der Waals surface area (Å²) in [4.78, 5) is 0. The lowest BCUT2D eigenvalue weighted by Crippen LogP contribution is -2.39. The summed E-state index contributed by atoms with van der Waals surface area (Å²) >= 11 is 0. The van der Waals surface area contributed by atoms with Crippen LogP contribution in [0.3, 0.4) is 0 Å². The maximum Gasteiger partial charge on any atom is 0.160 e. The van der Waals surface area contributed by atoms with Crippen LogP contribution >= 0.6 is 0 Å². The summed E-state index contributed by atoms with van der Waals surface area (Å²) in [6.07, 6.45) is 12.1. The molecular weight excluding hydrogens is 260 g/mol. The standard InChI is InChI=1S/C19H24O2/c1-2-6-16-13-19(10-8-15(16)5-1)9-3-7-17(14-19)18-20-11-4-12-21-18/h1-2,5-6,8,10,17-18H,3-4,7,9,11-14H2. The predicted octanol–water partition coefficient (Wildman–Crippen LogP) is 4.20. The van der Waals surface area contributed by atoms with Gasteiger partial charge in [-0.25, -0.2) is 0 Å². The number of hydrogen-bond donors (Lipinski definition) is 0. The molecule has 2 fully saturated rings. The highest BCUT2D eigenvalue weighted by molar-refractivity contribution is 5.58. The van der Waals surface area contributed by atoms with E-state index in [0.717, 1.165) is 19.6 Å². The maximum atomic E-state index is 5.87. The topological polar surface area (TPSA) is 18.5 Å². The highest BCUT2D eigenvalue weighted by Gasteiger charge is 2.40. The lowest BCUT2D eigenvalue weighted by Gasteiger charge is -2.44. The molecule has 1 saturated heterocycles. The zero-order chi connectivity index (χ0) is 14.1. The molecule has 2 nitrogen and oxygen atoms in total. The fourth-order valence-electron chi connectivity index (χ4n) is 4.33. The van der Waals surface area contributed by atoms with Gasteiger partial charge in [0.2, 0.25) is 0 Å². The van der Waals surface area contributed by atoms with Gasteiger partial charge in [-0.05, 0) is 48.6 Å². The van der Waals surface area contributed by atoms with E-state index in [9.17, 15) is 0 Å². The molecular formula is C19H24O2. The van der Waals surface area contributed by atoms with Crippen LogP contribution in [0.25, 0.3) is 6.08 Å². The number of allylic oxidation sites excluding steroid dienone is 1. The Morgan fingerprint density at radius 1 is 1.05 bits per heavy atom. The van der Waals surface area contributed by atoms with Crippen molar-refractivity contribution in [3.63, 3.8) is 0 Å². The maximum absolute atomic E-state index is 5.87. The number of fused-ring (bicyclic) bond motifs is 1. The van der Waals surface area contributed by atoms with Crippen LogP contribution in [0.2, 0.25) is 0 Å². The monoisotopic (exact) mass is 284 g/mol. The van der Waals surface area contributed by atoms with Crippen LogP contribution in [-0.2, 0) is 15.9 Å². The summed E-state index contributed by atoms with van der Waals surface area (Å²) in [5.41, 5.74) is 3.24. The Balaban J connectivity index is 1.53. The smallest absolute Gasteiger partial charge is 0.160 e.